The standard InChI is InChI=1S/C17H15Cl2F2N5OS.ClH/c18-8-5-23-15-10(6-24-26(15)7-8)9-4-12(28-14(9)19)16(27)25-13-11(22)2-1-3-17(13,20)21;/h4-7,11,13H,1-3,22H2,(H,25,27);1H/t11-,13-;/m1./s1. The summed E-state index contributed by atoms with van der Waals surface area (Å²) >= 11 is 13.2. The third kappa shape index (κ3) is 4.20. The maximum atomic E-state index is 14.2. The molecule has 1 saturated carbocycles. The van der Waals surface area contributed by atoms with Crippen molar-refractivity contribution >= 4 is 58.5 Å². The summed E-state index contributed by atoms with van der Waals surface area (Å²) in [5.41, 5.74) is 7.48. The van der Waals surface area contributed by atoms with E-state index in [1.807, 2.05) is 0 Å². The second-order valence-corrected chi connectivity index (χ2v) is 8.76. The van der Waals surface area contributed by atoms with Gasteiger partial charge in [-0.1, -0.05) is 23.2 Å². The van der Waals surface area contributed by atoms with Crippen molar-refractivity contribution < 1.29 is 13.6 Å². The molecule has 12 heteroatoms. The Morgan fingerprint density at radius 3 is 2.83 bits per heavy atom. The van der Waals surface area contributed by atoms with E-state index in [0.29, 0.717) is 39.0 Å². The van der Waals surface area contributed by atoms with Crippen LogP contribution in [0.2, 0.25) is 9.36 Å². The number of nitrogens with two attached hydrogens (primary N) is 1. The Morgan fingerprint density at radius 1 is 1.34 bits per heavy atom. The van der Waals surface area contributed by atoms with E-state index in [2.05, 4.69) is 15.4 Å². The van der Waals surface area contributed by atoms with E-state index in [-0.39, 0.29) is 23.7 Å². The van der Waals surface area contributed by atoms with Crippen LogP contribution in [0.4, 0.5) is 8.78 Å². The molecule has 0 radical (unpaired) electrons. The number of nitrogens with one attached hydrogen (secondary N) is 1. The van der Waals surface area contributed by atoms with Gasteiger partial charge in [-0.3, -0.25) is 4.79 Å². The summed E-state index contributed by atoms with van der Waals surface area (Å²) in [6, 6.07) is -0.655. The molecule has 1 amide bonds. The lowest BCUT2D eigenvalue weighted by Gasteiger charge is -2.36. The first-order valence-electron chi connectivity index (χ1n) is 8.49. The van der Waals surface area contributed by atoms with Crippen LogP contribution in [0.15, 0.2) is 24.7 Å². The highest BCUT2D eigenvalue weighted by Gasteiger charge is 2.46. The number of carbonyl (C=O) groups excluding carboxylic acids is 1. The fraction of sp³-hybridized carbons (Fsp3) is 0.353. The van der Waals surface area contributed by atoms with E-state index in [1.54, 1.807) is 18.5 Å². The van der Waals surface area contributed by atoms with Crippen LogP contribution in [-0.4, -0.2) is 38.5 Å². The Morgan fingerprint density at radius 2 is 2.10 bits per heavy atom. The molecule has 0 bridgehead atoms. The molecular weight excluding hydrogens is 467 g/mol. The quantitative estimate of drug-likeness (QED) is 0.578. The molecule has 0 aromatic carbocycles. The Hall–Kier alpha value is -1.52. The molecular formula is C17H16Cl3F2N5OS. The number of carbonyl (C=O) groups is 1. The summed E-state index contributed by atoms with van der Waals surface area (Å²) in [6.45, 7) is 0. The molecule has 0 aliphatic heterocycles. The first-order chi connectivity index (χ1) is 13.3. The molecule has 3 aromatic rings. The van der Waals surface area contributed by atoms with E-state index in [1.165, 1.54) is 10.7 Å². The smallest absolute Gasteiger partial charge is 0.269 e. The third-order valence-corrected chi connectivity index (χ3v) is 6.30. The van der Waals surface area contributed by atoms with E-state index in [9.17, 15) is 13.6 Å². The molecule has 156 valence electrons. The van der Waals surface area contributed by atoms with Crippen LogP contribution in [0.5, 0.6) is 0 Å². The van der Waals surface area contributed by atoms with Crippen molar-refractivity contribution in [2.45, 2.75) is 37.3 Å². The van der Waals surface area contributed by atoms with Gasteiger partial charge < -0.3 is 11.1 Å². The average molecular weight is 483 g/mol. The molecule has 0 saturated heterocycles. The lowest BCUT2D eigenvalue weighted by Crippen LogP contribution is -2.59. The lowest BCUT2D eigenvalue weighted by molar-refractivity contribution is -0.0674. The van der Waals surface area contributed by atoms with Gasteiger partial charge in [0.05, 0.1) is 22.3 Å². The summed E-state index contributed by atoms with van der Waals surface area (Å²) in [7, 11) is 0. The van der Waals surface area contributed by atoms with Crippen molar-refractivity contribution in [2.24, 2.45) is 5.73 Å². The summed E-state index contributed by atoms with van der Waals surface area (Å²) in [6.07, 6.45) is 5.10. The van der Waals surface area contributed by atoms with Gasteiger partial charge in [-0.05, 0) is 18.9 Å². The molecule has 1 aliphatic rings. The Labute approximate surface area is 184 Å². The van der Waals surface area contributed by atoms with Crippen LogP contribution in [0.25, 0.3) is 16.8 Å². The zero-order valence-corrected chi connectivity index (χ0v) is 17.9. The molecule has 2 atom stereocenters. The highest BCUT2D eigenvalue weighted by atomic mass is 35.5. The zero-order valence-electron chi connectivity index (χ0n) is 14.7. The number of rotatable bonds is 3. The number of halogens is 5. The fourth-order valence-electron chi connectivity index (χ4n) is 3.34. The number of nitrogens with zero attached hydrogens (tertiary/aromatic N) is 3. The SMILES string of the molecule is Cl.N[C@@H]1CCCC(F)(F)[C@@H]1NC(=O)c1cc(-c2cnn3cc(Cl)cnc23)c(Cl)s1. The topological polar surface area (TPSA) is 85.3 Å². The van der Waals surface area contributed by atoms with Crippen molar-refractivity contribution in [3.63, 3.8) is 0 Å². The molecule has 29 heavy (non-hydrogen) atoms. The first-order valence-corrected chi connectivity index (χ1v) is 10.1. The van der Waals surface area contributed by atoms with Gasteiger partial charge in [0.1, 0.15) is 10.4 Å². The number of amides is 1. The van der Waals surface area contributed by atoms with Gasteiger partial charge >= 0.3 is 0 Å². The van der Waals surface area contributed by atoms with Gasteiger partial charge in [0.25, 0.3) is 11.8 Å². The van der Waals surface area contributed by atoms with E-state index in [4.69, 9.17) is 28.9 Å². The maximum absolute atomic E-state index is 14.2. The van der Waals surface area contributed by atoms with Crippen molar-refractivity contribution in [3.8, 4) is 11.1 Å². The molecule has 1 aliphatic carbocycles. The predicted octanol–water partition coefficient (Wildman–Crippen LogP) is 4.43. The minimum absolute atomic E-state index is 0. The Kier molecular flexibility index (Phi) is 6.35. The second kappa shape index (κ2) is 8.31. The minimum atomic E-state index is -3.04. The maximum Gasteiger partial charge on any atom is 0.269 e. The fourth-order valence-corrected chi connectivity index (χ4v) is 4.69. The van der Waals surface area contributed by atoms with Gasteiger partial charge in [0.15, 0.2) is 5.65 Å². The highest BCUT2D eigenvalue weighted by Crippen LogP contribution is 2.38. The van der Waals surface area contributed by atoms with E-state index in [0.717, 1.165) is 11.3 Å². The number of hydrogen-bond acceptors (Lipinski definition) is 5. The molecule has 0 unspecified atom stereocenters. The summed E-state index contributed by atoms with van der Waals surface area (Å²) in [5.74, 6) is -3.67. The van der Waals surface area contributed by atoms with Gasteiger partial charge in [-0.25, -0.2) is 18.3 Å². The Balaban J connectivity index is 0.00000240. The highest BCUT2D eigenvalue weighted by molar-refractivity contribution is 7.18. The van der Waals surface area contributed by atoms with Gasteiger partial charge in [0.2, 0.25) is 0 Å². The summed E-state index contributed by atoms with van der Waals surface area (Å²) in [5, 5.41) is 6.98. The van der Waals surface area contributed by atoms with Crippen LogP contribution in [0, 0.1) is 0 Å². The number of thiophene rings is 1. The van der Waals surface area contributed by atoms with Gasteiger partial charge in [0, 0.05) is 29.8 Å². The number of hydrogen-bond donors (Lipinski definition) is 2. The molecule has 1 fully saturated rings. The van der Waals surface area contributed by atoms with Crippen molar-refractivity contribution in [3.05, 3.63) is 38.9 Å². The molecule has 4 rings (SSSR count). The normalized spacial score (nSPS) is 21.0. The van der Waals surface area contributed by atoms with E-state index >= 15 is 0 Å². The molecule has 3 heterocycles. The summed E-state index contributed by atoms with van der Waals surface area (Å²) < 4.78 is 30.1. The molecule has 3 N–H and O–H groups in total. The first kappa shape index (κ1) is 22.2. The molecule has 3 aromatic heterocycles. The largest absolute Gasteiger partial charge is 0.341 e. The van der Waals surface area contributed by atoms with E-state index < -0.39 is 23.9 Å². The zero-order chi connectivity index (χ0) is 20.1. The lowest BCUT2D eigenvalue weighted by atomic mass is 9.87. The number of alkyl halides is 2. The summed E-state index contributed by atoms with van der Waals surface area (Å²) in [4.78, 5) is 17.0. The molecule has 6 nitrogen and oxygen atoms in total. The van der Waals surface area contributed by atoms with Crippen LogP contribution in [0.1, 0.15) is 28.9 Å². The van der Waals surface area contributed by atoms with Crippen LogP contribution in [0.3, 0.4) is 0 Å². The predicted molar refractivity (Wildman–Crippen MR) is 112 cm³/mol. The van der Waals surface area contributed by atoms with Crippen molar-refractivity contribution in [1.29, 1.82) is 0 Å². The van der Waals surface area contributed by atoms with Crippen LogP contribution in [-0.2, 0) is 0 Å². The van der Waals surface area contributed by atoms with Gasteiger partial charge in [-0.15, -0.1) is 23.7 Å². The monoisotopic (exact) mass is 481 g/mol. The third-order valence-electron chi connectivity index (χ3n) is 4.74. The number of aromatic nitrogens is 3. The number of fused-ring (bicyclic) bond motifs is 1. The Bertz CT molecular complexity index is 1060. The van der Waals surface area contributed by atoms with Crippen LogP contribution >= 0.6 is 46.9 Å². The minimum Gasteiger partial charge on any atom is -0.341 e. The average Bonchev–Trinajstić information content (AvgIpc) is 3.20. The second-order valence-electron chi connectivity index (χ2n) is 6.66. The van der Waals surface area contributed by atoms with Gasteiger partial charge in [-0.2, -0.15) is 5.10 Å². The van der Waals surface area contributed by atoms with Crippen molar-refractivity contribution in [2.75, 3.05) is 0 Å². The van der Waals surface area contributed by atoms with Crippen molar-refractivity contribution in [1.82, 2.24) is 19.9 Å². The molecule has 0 spiro atoms. The van der Waals surface area contributed by atoms with Crippen LogP contribution < -0.4 is 11.1 Å².